The number of esters is 1. The molecule has 1 fully saturated rings. The summed E-state index contributed by atoms with van der Waals surface area (Å²) in [6, 6.07) is 0. The van der Waals surface area contributed by atoms with Gasteiger partial charge in [-0.15, -0.1) is 0 Å². The summed E-state index contributed by atoms with van der Waals surface area (Å²) in [5, 5.41) is 50.1. The van der Waals surface area contributed by atoms with Crippen LogP contribution in [0.3, 0.4) is 0 Å². The van der Waals surface area contributed by atoms with Gasteiger partial charge in [0.05, 0.1) is 13.2 Å². The molecule has 6 atom stereocenters. The molecule has 1 saturated carbocycles. The van der Waals surface area contributed by atoms with E-state index < -0.39 is 63.1 Å². The number of aliphatic hydroxyl groups excluding tert-OH is 5. The molecule has 0 amide bonds. The number of phosphoric acid groups is 1. The topological polar surface area (TPSA) is 192 Å². The molecule has 6 unspecified atom stereocenters. The number of carbonyl (C=O) groups is 1. The minimum atomic E-state index is -5.04. The quantitative estimate of drug-likeness (QED) is 0.0152. The van der Waals surface area contributed by atoms with Crippen LogP contribution in [0.15, 0.2) is 85.1 Å². The lowest BCUT2D eigenvalue weighted by atomic mass is 9.85. The Morgan fingerprint density at radius 3 is 1.42 bits per heavy atom. The number of carbonyl (C=O) groups excluding carboxylic acids is 1. The van der Waals surface area contributed by atoms with Crippen molar-refractivity contribution in [3.63, 3.8) is 0 Å². The summed E-state index contributed by atoms with van der Waals surface area (Å²) in [5.41, 5.74) is 0. The third-order valence-electron chi connectivity index (χ3n) is 9.76. The highest BCUT2D eigenvalue weighted by molar-refractivity contribution is 7.47. The third kappa shape index (κ3) is 28.9. The molecular formula is C47H79O12P. The fourth-order valence-electron chi connectivity index (χ4n) is 6.24. The first-order valence-corrected chi connectivity index (χ1v) is 23.9. The van der Waals surface area contributed by atoms with Crippen LogP contribution in [0, 0.1) is 0 Å². The number of aliphatic hydroxyl groups is 5. The number of ether oxygens (including phenoxy) is 2. The van der Waals surface area contributed by atoms with Crippen molar-refractivity contribution in [1.29, 1.82) is 0 Å². The van der Waals surface area contributed by atoms with Gasteiger partial charge in [0, 0.05) is 13.0 Å². The van der Waals surface area contributed by atoms with Gasteiger partial charge in [-0.1, -0.05) is 137 Å². The average molecular weight is 867 g/mol. The fraction of sp³-hybridized carbons (Fsp3) is 0.681. The zero-order chi connectivity index (χ0) is 44.1. The number of allylic oxidation sites excluding steroid dienone is 14. The number of rotatable bonds is 36. The van der Waals surface area contributed by atoms with Gasteiger partial charge in [0.15, 0.2) is 0 Å². The van der Waals surface area contributed by atoms with Crippen LogP contribution in [0.5, 0.6) is 0 Å². The maximum Gasteiger partial charge on any atom is 0.472 e. The summed E-state index contributed by atoms with van der Waals surface area (Å²) in [6.45, 7) is 3.95. The molecule has 6 N–H and O–H groups in total. The molecule has 0 aromatic carbocycles. The molecule has 1 rings (SSSR count). The lowest BCUT2D eigenvalue weighted by Gasteiger charge is -2.41. The van der Waals surface area contributed by atoms with Crippen LogP contribution in [-0.2, 0) is 27.9 Å². The maximum atomic E-state index is 12.8. The van der Waals surface area contributed by atoms with Crippen LogP contribution in [0.2, 0.25) is 0 Å². The molecular weight excluding hydrogens is 787 g/mol. The van der Waals surface area contributed by atoms with E-state index in [0.29, 0.717) is 13.0 Å². The summed E-state index contributed by atoms with van der Waals surface area (Å²) >= 11 is 0. The Hall–Kier alpha value is -2.48. The van der Waals surface area contributed by atoms with Gasteiger partial charge in [0.25, 0.3) is 0 Å². The largest absolute Gasteiger partial charge is 0.472 e. The Bertz CT molecular complexity index is 1310. The van der Waals surface area contributed by atoms with Gasteiger partial charge in [0.1, 0.15) is 42.7 Å². The average Bonchev–Trinajstić information content (AvgIpc) is 3.23. The Morgan fingerprint density at radius 1 is 0.533 bits per heavy atom. The molecule has 344 valence electrons. The standard InChI is InChI=1S/C47H79O12P/c1-3-5-7-9-11-13-15-17-19-20-21-23-25-27-29-31-33-35-37-56-38-40(39-57-60(54,55)59-47-45(52)43(50)42(49)44(51)46(47)53)58-41(48)36-34-32-30-28-26-24-22-18-16-14-12-10-8-6-4-2/h5-8,11-14,17-19,22,26,28,40,42-47,49-53H,3-4,9-10,15-16,20-21,23-25,27,29-39H2,1-2H3,(H,54,55)/b7-5-,8-6-,13-11-,14-12-,19-17-,22-18-,28-26-. The van der Waals surface area contributed by atoms with E-state index in [-0.39, 0.29) is 13.0 Å². The first kappa shape index (κ1) is 55.5. The predicted octanol–water partition coefficient (Wildman–Crippen LogP) is 8.97. The van der Waals surface area contributed by atoms with E-state index in [9.17, 15) is 39.8 Å². The summed E-state index contributed by atoms with van der Waals surface area (Å²) in [6.07, 6.45) is 36.5. The summed E-state index contributed by atoms with van der Waals surface area (Å²) < 4.78 is 34.1. The highest BCUT2D eigenvalue weighted by Gasteiger charge is 2.51. The third-order valence-corrected chi connectivity index (χ3v) is 10.7. The van der Waals surface area contributed by atoms with E-state index in [2.05, 4.69) is 98.9 Å². The molecule has 0 heterocycles. The van der Waals surface area contributed by atoms with E-state index in [1.165, 1.54) is 25.7 Å². The molecule has 60 heavy (non-hydrogen) atoms. The second-order valence-corrected chi connectivity index (χ2v) is 16.5. The van der Waals surface area contributed by atoms with Crippen molar-refractivity contribution in [2.45, 2.75) is 185 Å². The fourth-order valence-corrected chi connectivity index (χ4v) is 7.21. The van der Waals surface area contributed by atoms with Crippen LogP contribution in [0.4, 0.5) is 0 Å². The van der Waals surface area contributed by atoms with Crippen LogP contribution < -0.4 is 0 Å². The molecule has 0 saturated heterocycles. The first-order valence-electron chi connectivity index (χ1n) is 22.4. The molecule has 0 aromatic heterocycles. The van der Waals surface area contributed by atoms with Gasteiger partial charge in [-0.05, 0) is 83.5 Å². The number of phosphoric ester groups is 1. The smallest absolute Gasteiger partial charge is 0.457 e. The highest BCUT2D eigenvalue weighted by atomic mass is 31.2. The monoisotopic (exact) mass is 867 g/mol. The van der Waals surface area contributed by atoms with Crippen LogP contribution in [0.1, 0.15) is 142 Å². The Morgan fingerprint density at radius 2 is 0.933 bits per heavy atom. The van der Waals surface area contributed by atoms with Gasteiger partial charge in [-0.3, -0.25) is 13.8 Å². The van der Waals surface area contributed by atoms with E-state index in [1.54, 1.807) is 0 Å². The van der Waals surface area contributed by atoms with Crippen molar-refractivity contribution in [2.75, 3.05) is 19.8 Å². The Labute approximate surface area is 361 Å². The molecule has 0 aliphatic heterocycles. The van der Waals surface area contributed by atoms with Crippen molar-refractivity contribution >= 4 is 13.8 Å². The highest BCUT2D eigenvalue weighted by Crippen LogP contribution is 2.47. The molecule has 0 bridgehead atoms. The van der Waals surface area contributed by atoms with Crippen LogP contribution in [0.25, 0.3) is 0 Å². The number of unbranched alkanes of at least 4 members (excludes halogenated alkanes) is 10. The normalized spacial score (nSPS) is 23.1. The SMILES string of the molecule is CC/C=C\C/C=C\C/C=C\C/C=C\CCCCC(=O)OC(COCCCCCCCCCC/C=C\C/C=C\C/C=C\CC)COP(=O)(O)OC1C(O)C(O)C(O)C(O)C1O. The molecule has 12 nitrogen and oxygen atoms in total. The van der Waals surface area contributed by atoms with Gasteiger partial charge >= 0.3 is 13.8 Å². The second-order valence-electron chi connectivity index (χ2n) is 15.1. The Kier molecular flexibility index (Phi) is 34.3. The van der Waals surface area contributed by atoms with Crippen molar-refractivity contribution in [3.05, 3.63) is 85.1 Å². The summed E-state index contributed by atoms with van der Waals surface area (Å²) in [5.74, 6) is -0.524. The van der Waals surface area contributed by atoms with E-state index in [4.69, 9.17) is 18.5 Å². The van der Waals surface area contributed by atoms with Gasteiger partial charge in [-0.25, -0.2) is 4.57 Å². The van der Waals surface area contributed by atoms with E-state index in [0.717, 1.165) is 89.9 Å². The minimum Gasteiger partial charge on any atom is -0.457 e. The van der Waals surface area contributed by atoms with E-state index >= 15 is 0 Å². The van der Waals surface area contributed by atoms with Crippen molar-refractivity contribution in [2.24, 2.45) is 0 Å². The number of hydrogen-bond acceptors (Lipinski definition) is 11. The van der Waals surface area contributed by atoms with Crippen molar-refractivity contribution < 1.29 is 58.3 Å². The van der Waals surface area contributed by atoms with Crippen LogP contribution in [-0.4, -0.2) is 98.9 Å². The number of hydrogen-bond donors (Lipinski definition) is 6. The zero-order valence-corrected chi connectivity index (χ0v) is 37.4. The van der Waals surface area contributed by atoms with Crippen LogP contribution >= 0.6 is 7.82 Å². The van der Waals surface area contributed by atoms with Gasteiger partial charge < -0.3 is 39.9 Å². The summed E-state index contributed by atoms with van der Waals surface area (Å²) in [7, 11) is -5.04. The molecule has 0 aromatic rings. The maximum absolute atomic E-state index is 12.8. The molecule has 13 heteroatoms. The van der Waals surface area contributed by atoms with Gasteiger partial charge in [0.2, 0.25) is 0 Å². The predicted molar refractivity (Wildman–Crippen MR) is 239 cm³/mol. The Balaban J connectivity index is 2.44. The van der Waals surface area contributed by atoms with Crippen molar-refractivity contribution in [3.8, 4) is 0 Å². The minimum absolute atomic E-state index is 0.104. The second kappa shape index (κ2) is 37.1. The summed E-state index contributed by atoms with van der Waals surface area (Å²) in [4.78, 5) is 23.1. The lowest BCUT2D eigenvalue weighted by molar-refractivity contribution is -0.220. The zero-order valence-electron chi connectivity index (χ0n) is 36.5. The molecule has 0 radical (unpaired) electrons. The molecule has 1 aliphatic rings. The van der Waals surface area contributed by atoms with Crippen molar-refractivity contribution in [1.82, 2.24) is 0 Å². The lowest BCUT2D eigenvalue weighted by Crippen LogP contribution is -2.64. The van der Waals surface area contributed by atoms with E-state index in [1.807, 2.05) is 0 Å². The van der Waals surface area contributed by atoms with Gasteiger partial charge in [-0.2, -0.15) is 0 Å². The first-order chi connectivity index (χ1) is 29.0. The molecule has 0 spiro atoms. The molecule has 1 aliphatic carbocycles.